The third-order valence-electron chi connectivity index (χ3n) is 5.49. The highest BCUT2D eigenvalue weighted by molar-refractivity contribution is 5.95. The molecule has 4 rings (SSSR count). The number of H-pyrrole nitrogens is 1. The third kappa shape index (κ3) is 4.27. The van der Waals surface area contributed by atoms with E-state index >= 15 is 0 Å². The lowest BCUT2D eigenvalue weighted by Crippen LogP contribution is -2.40. The molecule has 0 aliphatic carbocycles. The predicted octanol–water partition coefficient (Wildman–Crippen LogP) is 4.15. The topological polar surface area (TPSA) is 75.3 Å². The van der Waals surface area contributed by atoms with Crippen LogP contribution in [0.3, 0.4) is 0 Å². The van der Waals surface area contributed by atoms with E-state index < -0.39 is 0 Å². The van der Waals surface area contributed by atoms with Crippen molar-refractivity contribution < 1.29 is 14.3 Å². The Kier molecular flexibility index (Phi) is 5.93. The average molecular weight is 403 g/mol. The normalized spacial score (nSPS) is 15.0. The van der Waals surface area contributed by atoms with Crippen LogP contribution in [-0.2, 0) is 9.53 Å². The van der Waals surface area contributed by atoms with Gasteiger partial charge in [0, 0.05) is 24.0 Å². The van der Waals surface area contributed by atoms with Crippen LogP contribution in [0.1, 0.15) is 41.4 Å². The Balaban J connectivity index is 1.38. The molecule has 1 N–H and O–H groups in total. The molecule has 1 fully saturated rings. The van der Waals surface area contributed by atoms with Crippen molar-refractivity contribution in [2.75, 3.05) is 19.7 Å². The summed E-state index contributed by atoms with van der Waals surface area (Å²) in [6.45, 7) is 3.37. The number of rotatable bonds is 5. The summed E-state index contributed by atoms with van der Waals surface area (Å²) in [4.78, 5) is 26.5. The SMILES string of the molecule is CCOC(=O)C1CCN(C(=O)c2ccc(C=Cc3n[nH]c4ccccc34)cc2)CC1. The number of amides is 1. The van der Waals surface area contributed by atoms with Crippen LogP contribution in [0, 0.1) is 5.92 Å². The molecule has 0 saturated carbocycles. The third-order valence-corrected chi connectivity index (χ3v) is 5.49. The van der Waals surface area contributed by atoms with Gasteiger partial charge in [-0.25, -0.2) is 0 Å². The lowest BCUT2D eigenvalue weighted by molar-refractivity contribution is -0.149. The van der Waals surface area contributed by atoms with Gasteiger partial charge >= 0.3 is 5.97 Å². The molecule has 0 unspecified atom stereocenters. The minimum Gasteiger partial charge on any atom is -0.466 e. The molecule has 1 aromatic heterocycles. The number of nitrogens with zero attached hydrogens (tertiary/aromatic N) is 2. The van der Waals surface area contributed by atoms with Gasteiger partial charge < -0.3 is 9.64 Å². The summed E-state index contributed by atoms with van der Waals surface area (Å²) in [7, 11) is 0. The Morgan fingerprint density at radius 3 is 2.57 bits per heavy atom. The van der Waals surface area contributed by atoms with Crippen LogP contribution in [-0.4, -0.2) is 46.7 Å². The Hall–Kier alpha value is -3.41. The van der Waals surface area contributed by atoms with E-state index in [1.807, 2.05) is 72.5 Å². The van der Waals surface area contributed by atoms with Crippen molar-refractivity contribution in [1.82, 2.24) is 15.1 Å². The van der Waals surface area contributed by atoms with Crippen LogP contribution in [0.4, 0.5) is 0 Å². The highest BCUT2D eigenvalue weighted by Crippen LogP contribution is 2.21. The zero-order chi connectivity index (χ0) is 20.9. The van der Waals surface area contributed by atoms with E-state index in [0.29, 0.717) is 38.1 Å². The van der Waals surface area contributed by atoms with Gasteiger partial charge in [0.1, 0.15) is 0 Å². The Morgan fingerprint density at radius 1 is 1.10 bits per heavy atom. The second-order valence-electron chi connectivity index (χ2n) is 7.43. The molecule has 0 bridgehead atoms. The van der Waals surface area contributed by atoms with Crippen molar-refractivity contribution in [3.05, 3.63) is 65.4 Å². The molecule has 2 aromatic carbocycles. The second kappa shape index (κ2) is 8.95. The number of benzene rings is 2. The first-order chi connectivity index (χ1) is 14.7. The molecular formula is C24H25N3O3. The van der Waals surface area contributed by atoms with E-state index in [-0.39, 0.29) is 17.8 Å². The van der Waals surface area contributed by atoms with Crippen LogP contribution in [0.25, 0.3) is 23.1 Å². The number of piperidine rings is 1. The van der Waals surface area contributed by atoms with E-state index in [1.54, 1.807) is 0 Å². The highest BCUT2D eigenvalue weighted by atomic mass is 16.5. The number of aromatic nitrogens is 2. The van der Waals surface area contributed by atoms with Crippen molar-refractivity contribution >= 4 is 34.9 Å². The molecular weight excluding hydrogens is 378 g/mol. The fourth-order valence-electron chi connectivity index (χ4n) is 3.78. The maximum absolute atomic E-state index is 12.8. The predicted molar refractivity (Wildman–Crippen MR) is 117 cm³/mol. The summed E-state index contributed by atoms with van der Waals surface area (Å²) >= 11 is 0. The number of aromatic amines is 1. The maximum atomic E-state index is 12.8. The number of hydrogen-bond donors (Lipinski definition) is 1. The Morgan fingerprint density at radius 2 is 1.83 bits per heavy atom. The minimum atomic E-state index is -0.148. The molecule has 1 aliphatic heterocycles. The first kappa shape index (κ1) is 19.9. The molecule has 6 nitrogen and oxygen atoms in total. The van der Waals surface area contributed by atoms with Crippen molar-refractivity contribution in [2.45, 2.75) is 19.8 Å². The molecule has 6 heteroatoms. The summed E-state index contributed by atoms with van der Waals surface area (Å²) in [6, 6.07) is 15.6. The number of carbonyl (C=O) groups excluding carboxylic acids is 2. The van der Waals surface area contributed by atoms with Gasteiger partial charge in [0.25, 0.3) is 5.91 Å². The number of fused-ring (bicyclic) bond motifs is 1. The Labute approximate surface area is 175 Å². The smallest absolute Gasteiger partial charge is 0.309 e. The maximum Gasteiger partial charge on any atom is 0.309 e. The van der Waals surface area contributed by atoms with Crippen LogP contribution in [0.2, 0.25) is 0 Å². The molecule has 30 heavy (non-hydrogen) atoms. The van der Waals surface area contributed by atoms with Gasteiger partial charge in [-0.1, -0.05) is 36.4 Å². The van der Waals surface area contributed by atoms with Gasteiger partial charge in [0.2, 0.25) is 0 Å². The van der Waals surface area contributed by atoms with Crippen LogP contribution < -0.4 is 0 Å². The summed E-state index contributed by atoms with van der Waals surface area (Å²) in [6.07, 6.45) is 5.27. The average Bonchev–Trinajstić information content (AvgIpc) is 3.21. The van der Waals surface area contributed by atoms with E-state index in [1.165, 1.54) is 0 Å². The van der Waals surface area contributed by atoms with Crippen molar-refractivity contribution in [1.29, 1.82) is 0 Å². The molecule has 1 amide bonds. The number of para-hydroxylation sites is 1. The van der Waals surface area contributed by atoms with Crippen molar-refractivity contribution in [3.8, 4) is 0 Å². The number of likely N-dealkylation sites (tertiary alicyclic amines) is 1. The zero-order valence-corrected chi connectivity index (χ0v) is 17.0. The largest absolute Gasteiger partial charge is 0.466 e. The first-order valence-corrected chi connectivity index (χ1v) is 10.3. The second-order valence-corrected chi connectivity index (χ2v) is 7.43. The molecule has 154 valence electrons. The number of carbonyl (C=O) groups is 2. The quantitative estimate of drug-likeness (QED) is 0.650. The lowest BCUT2D eigenvalue weighted by atomic mass is 9.96. The van der Waals surface area contributed by atoms with Gasteiger partial charge in [-0.15, -0.1) is 0 Å². The first-order valence-electron chi connectivity index (χ1n) is 10.3. The number of esters is 1. The highest BCUT2D eigenvalue weighted by Gasteiger charge is 2.28. The van der Waals surface area contributed by atoms with Crippen LogP contribution >= 0.6 is 0 Å². The van der Waals surface area contributed by atoms with Crippen molar-refractivity contribution in [2.24, 2.45) is 5.92 Å². The van der Waals surface area contributed by atoms with Crippen molar-refractivity contribution in [3.63, 3.8) is 0 Å². The Bertz CT molecular complexity index is 1060. The fourth-order valence-corrected chi connectivity index (χ4v) is 3.78. The zero-order valence-electron chi connectivity index (χ0n) is 17.0. The standard InChI is InChI=1S/C24H25N3O3/c1-2-30-24(29)19-13-15-27(16-14-19)23(28)18-10-7-17(8-11-18)9-12-22-20-5-3-4-6-21(20)25-26-22/h3-12,19H,2,13-16H2,1H3,(H,25,26). The van der Waals surface area contributed by atoms with Crippen LogP contribution in [0.15, 0.2) is 48.5 Å². The van der Waals surface area contributed by atoms with E-state index in [2.05, 4.69) is 10.2 Å². The molecule has 3 aromatic rings. The summed E-state index contributed by atoms with van der Waals surface area (Å²) in [5.41, 5.74) is 3.55. The summed E-state index contributed by atoms with van der Waals surface area (Å²) in [5, 5.41) is 8.44. The molecule has 0 spiro atoms. The molecule has 0 atom stereocenters. The molecule has 0 radical (unpaired) electrons. The molecule has 1 aliphatic rings. The van der Waals surface area contributed by atoms with E-state index in [4.69, 9.17) is 4.74 Å². The van der Waals surface area contributed by atoms with Gasteiger partial charge in [-0.2, -0.15) is 5.10 Å². The number of hydrogen-bond acceptors (Lipinski definition) is 4. The van der Waals surface area contributed by atoms with Gasteiger partial charge in [0.05, 0.1) is 23.7 Å². The number of ether oxygens (including phenoxy) is 1. The lowest BCUT2D eigenvalue weighted by Gasteiger charge is -2.31. The minimum absolute atomic E-state index is 0.00568. The van der Waals surface area contributed by atoms with Gasteiger partial charge in [0.15, 0.2) is 0 Å². The van der Waals surface area contributed by atoms with Gasteiger partial charge in [-0.3, -0.25) is 14.7 Å². The van der Waals surface area contributed by atoms with Gasteiger partial charge in [-0.05, 0) is 49.6 Å². The van der Waals surface area contributed by atoms with Crippen LogP contribution in [0.5, 0.6) is 0 Å². The fraction of sp³-hybridized carbons (Fsp3) is 0.292. The number of nitrogens with one attached hydrogen (secondary N) is 1. The van der Waals surface area contributed by atoms with E-state index in [9.17, 15) is 9.59 Å². The monoisotopic (exact) mass is 403 g/mol. The summed E-state index contributed by atoms with van der Waals surface area (Å²) in [5.74, 6) is -0.240. The molecule has 2 heterocycles. The van der Waals surface area contributed by atoms with E-state index in [0.717, 1.165) is 22.2 Å². The molecule has 1 saturated heterocycles. The summed E-state index contributed by atoms with van der Waals surface area (Å²) < 4.78 is 5.09.